The van der Waals surface area contributed by atoms with Crippen molar-refractivity contribution in [3.8, 4) is 0 Å². The van der Waals surface area contributed by atoms with Gasteiger partial charge in [0.25, 0.3) is 5.91 Å². The van der Waals surface area contributed by atoms with E-state index in [0.29, 0.717) is 17.2 Å². The van der Waals surface area contributed by atoms with Gasteiger partial charge in [-0.05, 0) is 68.3 Å². The molecule has 1 unspecified atom stereocenters. The summed E-state index contributed by atoms with van der Waals surface area (Å²) in [6, 6.07) is 11.2. The number of carbonyl (C=O) groups excluding carboxylic acids is 2. The van der Waals surface area contributed by atoms with Crippen LogP contribution in [0.5, 0.6) is 0 Å². The largest absolute Gasteiger partial charge is 0.503 e. The number of ketones is 1. The van der Waals surface area contributed by atoms with Crippen LogP contribution < -0.4 is 4.90 Å². The molecule has 0 bridgehead atoms. The number of hydrogen-bond acceptors (Lipinski definition) is 5. The zero-order valence-electron chi connectivity index (χ0n) is 15.7. The predicted molar refractivity (Wildman–Crippen MR) is 102 cm³/mol. The van der Waals surface area contributed by atoms with Gasteiger partial charge in [0, 0.05) is 5.69 Å². The van der Waals surface area contributed by atoms with Gasteiger partial charge in [-0.3, -0.25) is 14.5 Å². The summed E-state index contributed by atoms with van der Waals surface area (Å²) in [5.41, 5.74) is 2.57. The summed E-state index contributed by atoms with van der Waals surface area (Å²) in [4.78, 5) is 27.4. The summed E-state index contributed by atoms with van der Waals surface area (Å²) in [5, 5.41) is 10.6. The molecule has 1 atom stereocenters. The first kappa shape index (κ1) is 17.9. The van der Waals surface area contributed by atoms with Crippen molar-refractivity contribution in [2.75, 3.05) is 4.90 Å². The molecule has 1 aromatic carbocycles. The van der Waals surface area contributed by atoms with E-state index in [2.05, 4.69) is 0 Å². The Balaban J connectivity index is 1.88. The van der Waals surface area contributed by atoms with Gasteiger partial charge >= 0.3 is 0 Å². The lowest BCUT2D eigenvalue weighted by Gasteiger charge is -2.25. The van der Waals surface area contributed by atoms with Crippen molar-refractivity contribution >= 4 is 17.4 Å². The zero-order chi connectivity index (χ0) is 20.0. The Kier molecular flexibility index (Phi) is 4.19. The van der Waals surface area contributed by atoms with Crippen LogP contribution in [0.2, 0.25) is 0 Å². The van der Waals surface area contributed by atoms with Crippen LogP contribution in [0.3, 0.4) is 0 Å². The third kappa shape index (κ3) is 2.74. The first-order valence-corrected chi connectivity index (χ1v) is 8.87. The number of aryl methyl sites for hydroxylation is 3. The Hall–Kier alpha value is -3.54. The Labute approximate surface area is 161 Å². The fraction of sp³-hybridized carbons (Fsp3) is 0.182. The standard InChI is InChI=1S/C22H19NO5/c1-12-6-8-15(11-13(12)2)23-19(16-9-7-14(3)28-16)18(21(25)22(23)26)20(24)17-5-4-10-27-17/h4-11,19,25H,1-3H3. The van der Waals surface area contributed by atoms with Crippen molar-refractivity contribution in [2.24, 2.45) is 0 Å². The molecule has 1 aliphatic rings. The maximum absolute atomic E-state index is 13.0. The predicted octanol–water partition coefficient (Wildman–Crippen LogP) is 4.58. The van der Waals surface area contributed by atoms with Gasteiger partial charge in [0.15, 0.2) is 11.5 Å². The number of aliphatic hydroxyl groups is 1. The fourth-order valence-electron chi connectivity index (χ4n) is 3.39. The molecule has 3 aromatic rings. The number of furan rings is 2. The molecule has 6 nitrogen and oxygen atoms in total. The molecule has 0 saturated carbocycles. The minimum atomic E-state index is -0.888. The Morgan fingerprint density at radius 2 is 1.86 bits per heavy atom. The van der Waals surface area contributed by atoms with Gasteiger partial charge in [0.1, 0.15) is 17.6 Å². The SMILES string of the molecule is Cc1ccc(C2C(C(=O)c3ccco3)=C(O)C(=O)N2c2ccc(C)c(C)c2)o1. The smallest absolute Gasteiger partial charge is 0.294 e. The van der Waals surface area contributed by atoms with Gasteiger partial charge in [-0.1, -0.05) is 6.07 Å². The number of amides is 1. The van der Waals surface area contributed by atoms with Crippen LogP contribution in [0, 0.1) is 20.8 Å². The number of rotatable bonds is 4. The highest BCUT2D eigenvalue weighted by molar-refractivity contribution is 6.20. The molecule has 1 N–H and O–H groups in total. The molecular weight excluding hydrogens is 358 g/mol. The number of nitrogens with zero attached hydrogens (tertiary/aromatic N) is 1. The van der Waals surface area contributed by atoms with Gasteiger partial charge in [-0.15, -0.1) is 0 Å². The van der Waals surface area contributed by atoms with E-state index in [1.54, 1.807) is 31.2 Å². The van der Waals surface area contributed by atoms with Crippen LogP contribution in [-0.2, 0) is 4.79 Å². The van der Waals surface area contributed by atoms with E-state index in [0.717, 1.165) is 11.1 Å². The molecule has 0 fully saturated rings. The van der Waals surface area contributed by atoms with Crippen LogP contribution in [0.15, 0.2) is 68.9 Å². The molecule has 2 aromatic heterocycles. The van der Waals surface area contributed by atoms with Crippen LogP contribution in [-0.4, -0.2) is 16.8 Å². The lowest BCUT2D eigenvalue weighted by atomic mass is 9.99. The van der Waals surface area contributed by atoms with E-state index in [1.165, 1.54) is 17.2 Å². The van der Waals surface area contributed by atoms with Crippen molar-refractivity contribution < 1.29 is 23.5 Å². The Morgan fingerprint density at radius 1 is 1.07 bits per heavy atom. The van der Waals surface area contributed by atoms with Gasteiger partial charge < -0.3 is 13.9 Å². The molecule has 1 amide bonds. The van der Waals surface area contributed by atoms with E-state index in [4.69, 9.17) is 8.83 Å². The molecule has 0 aliphatic carbocycles. The third-order valence-corrected chi connectivity index (χ3v) is 5.00. The molecule has 142 valence electrons. The van der Waals surface area contributed by atoms with E-state index < -0.39 is 23.5 Å². The van der Waals surface area contributed by atoms with E-state index in [1.807, 2.05) is 26.0 Å². The molecule has 28 heavy (non-hydrogen) atoms. The lowest BCUT2D eigenvalue weighted by molar-refractivity contribution is -0.117. The quantitative estimate of drug-likeness (QED) is 0.673. The first-order chi connectivity index (χ1) is 13.4. The van der Waals surface area contributed by atoms with Gasteiger partial charge in [-0.2, -0.15) is 0 Å². The number of aliphatic hydroxyl groups excluding tert-OH is 1. The third-order valence-electron chi connectivity index (χ3n) is 5.00. The second-order valence-electron chi connectivity index (χ2n) is 6.86. The molecule has 0 radical (unpaired) electrons. The monoisotopic (exact) mass is 377 g/mol. The van der Waals surface area contributed by atoms with Gasteiger partial charge in [0.05, 0.1) is 11.8 Å². The van der Waals surface area contributed by atoms with Crippen molar-refractivity contribution in [3.63, 3.8) is 0 Å². The average molecular weight is 377 g/mol. The second kappa shape index (κ2) is 6.56. The molecule has 4 rings (SSSR count). The van der Waals surface area contributed by atoms with E-state index >= 15 is 0 Å². The summed E-state index contributed by atoms with van der Waals surface area (Å²) in [5.74, 6) is -0.733. The minimum Gasteiger partial charge on any atom is -0.503 e. The highest BCUT2D eigenvalue weighted by Gasteiger charge is 2.46. The topological polar surface area (TPSA) is 83.9 Å². The summed E-state index contributed by atoms with van der Waals surface area (Å²) in [6.07, 6.45) is 1.37. The molecule has 0 saturated heterocycles. The molecule has 0 spiro atoms. The van der Waals surface area contributed by atoms with Gasteiger partial charge in [-0.25, -0.2) is 0 Å². The van der Waals surface area contributed by atoms with Crippen molar-refractivity contribution in [2.45, 2.75) is 26.8 Å². The Morgan fingerprint density at radius 3 is 2.46 bits per heavy atom. The molecule has 3 heterocycles. The summed E-state index contributed by atoms with van der Waals surface area (Å²) >= 11 is 0. The normalized spacial score (nSPS) is 16.9. The van der Waals surface area contributed by atoms with E-state index in [-0.39, 0.29) is 11.3 Å². The Bertz CT molecular complexity index is 1100. The highest BCUT2D eigenvalue weighted by atomic mass is 16.3. The van der Waals surface area contributed by atoms with Crippen molar-refractivity contribution in [3.05, 3.63) is 88.5 Å². The number of hydrogen-bond donors (Lipinski definition) is 1. The first-order valence-electron chi connectivity index (χ1n) is 8.87. The number of carbonyl (C=O) groups is 2. The number of Topliss-reactive ketones (excluding diaryl/α,β-unsaturated/α-hetero) is 1. The summed E-state index contributed by atoms with van der Waals surface area (Å²) in [7, 11) is 0. The zero-order valence-corrected chi connectivity index (χ0v) is 15.7. The minimum absolute atomic E-state index is 0.0459. The highest BCUT2D eigenvalue weighted by Crippen LogP contribution is 2.42. The van der Waals surface area contributed by atoms with E-state index in [9.17, 15) is 14.7 Å². The molecule has 6 heteroatoms. The van der Waals surface area contributed by atoms with Crippen LogP contribution >= 0.6 is 0 Å². The second-order valence-corrected chi connectivity index (χ2v) is 6.86. The summed E-state index contributed by atoms with van der Waals surface area (Å²) in [6.45, 7) is 5.69. The number of benzene rings is 1. The number of anilines is 1. The van der Waals surface area contributed by atoms with Crippen LogP contribution in [0.4, 0.5) is 5.69 Å². The lowest BCUT2D eigenvalue weighted by Crippen LogP contribution is -2.30. The molecule has 1 aliphatic heterocycles. The van der Waals surface area contributed by atoms with Crippen molar-refractivity contribution in [1.29, 1.82) is 0 Å². The summed E-state index contributed by atoms with van der Waals surface area (Å²) < 4.78 is 10.9. The maximum Gasteiger partial charge on any atom is 0.294 e. The average Bonchev–Trinajstić information content (AvgIpc) is 3.39. The van der Waals surface area contributed by atoms with Crippen molar-refractivity contribution in [1.82, 2.24) is 0 Å². The van der Waals surface area contributed by atoms with Crippen LogP contribution in [0.25, 0.3) is 0 Å². The maximum atomic E-state index is 13.0. The van der Waals surface area contributed by atoms with Crippen LogP contribution in [0.1, 0.15) is 39.2 Å². The molecular formula is C22H19NO5. The fourth-order valence-corrected chi connectivity index (χ4v) is 3.39. The van der Waals surface area contributed by atoms with Gasteiger partial charge in [0.2, 0.25) is 5.78 Å².